The van der Waals surface area contributed by atoms with Crippen LogP contribution in [0.4, 0.5) is 11.4 Å². The van der Waals surface area contributed by atoms with E-state index in [4.69, 9.17) is 0 Å². The fraction of sp³-hybridized carbons (Fsp3) is 0.133. The Labute approximate surface area is 138 Å². The summed E-state index contributed by atoms with van der Waals surface area (Å²) in [5.74, 6) is -0.258. The minimum Gasteiger partial charge on any atom is -0.322 e. The average molecular weight is 383 g/mol. The molecule has 0 atom stereocenters. The van der Waals surface area contributed by atoms with Crippen LogP contribution in [0.3, 0.4) is 0 Å². The monoisotopic (exact) mass is 382 g/mol. The summed E-state index contributed by atoms with van der Waals surface area (Å²) in [5.41, 5.74) is 1.53. The zero-order valence-corrected chi connectivity index (χ0v) is 14.5. The molecule has 22 heavy (non-hydrogen) atoms. The van der Waals surface area contributed by atoms with Crippen molar-refractivity contribution in [2.75, 3.05) is 22.9 Å². The molecule has 0 aliphatic rings. The molecule has 5 nitrogen and oxygen atoms in total. The van der Waals surface area contributed by atoms with E-state index in [9.17, 15) is 13.2 Å². The maximum absolute atomic E-state index is 12.1. The number of hydrogen-bond donors (Lipinski definition) is 1. The number of halogens is 1. The molecule has 0 aliphatic heterocycles. The number of nitrogens with one attached hydrogen (secondary N) is 1. The van der Waals surface area contributed by atoms with Crippen molar-refractivity contribution >= 4 is 43.2 Å². The van der Waals surface area contributed by atoms with Crippen LogP contribution in [-0.2, 0) is 10.0 Å². The topological polar surface area (TPSA) is 66.5 Å². The molecule has 116 valence electrons. The summed E-state index contributed by atoms with van der Waals surface area (Å²) >= 11 is 3.31. The summed E-state index contributed by atoms with van der Waals surface area (Å²) in [7, 11) is -1.88. The predicted molar refractivity (Wildman–Crippen MR) is 91.8 cm³/mol. The third kappa shape index (κ3) is 4.08. The van der Waals surface area contributed by atoms with E-state index in [1.807, 2.05) is 0 Å². The van der Waals surface area contributed by atoms with E-state index in [0.29, 0.717) is 16.9 Å². The molecule has 0 heterocycles. The van der Waals surface area contributed by atoms with Gasteiger partial charge in [-0.25, -0.2) is 8.42 Å². The Kier molecular flexibility index (Phi) is 4.87. The van der Waals surface area contributed by atoms with Crippen LogP contribution in [0.25, 0.3) is 0 Å². The van der Waals surface area contributed by atoms with Gasteiger partial charge in [-0.15, -0.1) is 0 Å². The molecule has 0 aromatic heterocycles. The average Bonchev–Trinajstić information content (AvgIpc) is 2.46. The highest BCUT2D eigenvalue weighted by Crippen LogP contribution is 2.21. The molecule has 0 fully saturated rings. The van der Waals surface area contributed by atoms with E-state index >= 15 is 0 Å². The summed E-state index contributed by atoms with van der Waals surface area (Å²) in [6, 6.07) is 13.6. The van der Waals surface area contributed by atoms with Gasteiger partial charge in [-0.05, 0) is 42.5 Å². The lowest BCUT2D eigenvalue weighted by Gasteiger charge is -2.17. The van der Waals surface area contributed by atoms with Gasteiger partial charge in [0.15, 0.2) is 0 Å². The molecule has 7 heteroatoms. The standard InChI is InChI=1S/C15H15BrN2O3S/c1-18(22(2,20)21)14-5-3-4-13(10-14)17-15(19)11-6-8-12(16)9-7-11/h3-10H,1-2H3,(H,17,19). The smallest absolute Gasteiger partial charge is 0.255 e. The number of anilines is 2. The summed E-state index contributed by atoms with van der Waals surface area (Å²) < 4.78 is 25.2. The summed E-state index contributed by atoms with van der Waals surface area (Å²) in [6.45, 7) is 0. The SMILES string of the molecule is CN(c1cccc(NC(=O)c2ccc(Br)cc2)c1)S(C)(=O)=O. The lowest BCUT2D eigenvalue weighted by atomic mass is 10.2. The number of carbonyl (C=O) groups excluding carboxylic acids is 1. The van der Waals surface area contributed by atoms with Gasteiger partial charge in [0.1, 0.15) is 0 Å². The summed E-state index contributed by atoms with van der Waals surface area (Å²) in [6.07, 6.45) is 1.13. The Morgan fingerprint density at radius 1 is 1.14 bits per heavy atom. The number of amides is 1. The first-order valence-electron chi connectivity index (χ1n) is 6.38. The molecule has 2 aromatic rings. The fourth-order valence-corrected chi connectivity index (χ4v) is 2.54. The number of hydrogen-bond acceptors (Lipinski definition) is 3. The van der Waals surface area contributed by atoms with E-state index < -0.39 is 10.0 Å². The summed E-state index contributed by atoms with van der Waals surface area (Å²) in [4.78, 5) is 12.1. The van der Waals surface area contributed by atoms with E-state index in [2.05, 4.69) is 21.2 Å². The molecule has 1 N–H and O–H groups in total. The van der Waals surface area contributed by atoms with E-state index in [1.165, 1.54) is 7.05 Å². The van der Waals surface area contributed by atoms with Crippen LogP contribution in [0.1, 0.15) is 10.4 Å². The Hall–Kier alpha value is -1.86. The second-order valence-corrected chi connectivity index (χ2v) is 7.67. The van der Waals surface area contributed by atoms with Crippen molar-refractivity contribution < 1.29 is 13.2 Å². The van der Waals surface area contributed by atoms with Gasteiger partial charge in [0, 0.05) is 22.8 Å². The van der Waals surface area contributed by atoms with Gasteiger partial charge in [-0.2, -0.15) is 0 Å². The molecule has 0 radical (unpaired) electrons. The number of sulfonamides is 1. The van der Waals surface area contributed by atoms with Gasteiger partial charge in [0.05, 0.1) is 11.9 Å². The Morgan fingerprint density at radius 2 is 1.77 bits per heavy atom. The first kappa shape index (κ1) is 16.5. The third-order valence-corrected chi connectivity index (χ3v) is 4.81. The largest absolute Gasteiger partial charge is 0.322 e. The maximum atomic E-state index is 12.1. The minimum atomic E-state index is -3.34. The van der Waals surface area contributed by atoms with Crippen LogP contribution >= 0.6 is 15.9 Å². The van der Waals surface area contributed by atoms with Crippen LogP contribution in [0.15, 0.2) is 53.0 Å². The van der Waals surface area contributed by atoms with Crippen molar-refractivity contribution in [2.45, 2.75) is 0 Å². The molecule has 2 aromatic carbocycles. The van der Waals surface area contributed by atoms with E-state index in [-0.39, 0.29) is 5.91 Å². The van der Waals surface area contributed by atoms with Gasteiger partial charge in [0.25, 0.3) is 5.91 Å². The number of nitrogens with zero attached hydrogens (tertiary/aromatic N) is 1. The molecule has 2 rings (SSSR count). The molecule has 0 spiro atoms. The van der Waals surface area contributed by atoms with Crippen LogP contribution in [0.5, 0.6) is 0 Å². The molecule has 0 unspecified atom stereocenters. The second kappa shape index (κ2) is 6.50. The lowest BCUT2D eigenvalue weighted by molar-refractivity contribution is 0.102. The van der Waals surface area contributed by atoms with Crippen molar-refractivity contribution in [3.05, 3.63) is 58.6 Å². The van der Waals surface area contributed by atoms with Gasteiger partial charge in [-0.1, -0.05) is 22.0 Å². The normalized spacial score (nSPS) is 11.0. The number of benzene rings is 2. The van der Waals surface area contributed by atoms with Crippen LogP contribution in [-0.4, -0.2) is 27.6 Å². The summed E-state index contributed by atoms with van der Waals surface area (Å²) in [5, 5.41) is 2.75. The number of rotatable bonds is 4. The van der Waals surface area contributed by atoms with E-state index in [0.717, 1.165) is 15.0 Å². The highest BCUT2D eigenvalue weighted by atomic mass is 79.9. The van der Waals surface area contributed by atoms with Crippen molar-refractivity contribution in [1.29, 1.82) is 0 Å². The lowest BCUT2D eigenvalue weighted by Crippen LogP contribution is -2.24. The fourth-order valence-electron chi connectivity index (χ4n) is 1.78. The predicted octanol–water partition coefficient (Wildman–Crippen LogP) is 3.10. The zero-order chi connectivity index (χ0) is 16.3. The molecular weight excluding hydrogens is 368 g/mol. The quantitative estimate of drug-likeness (QED) is 0.883. The molecule has 1 amide bonds. The minimum absolute atomic E-state index is 0.258. The van der Waals surface area contributed by atoms with Crippen molar-refractivity contribution in [1.82, 2.24) is 0 Å². The maximum Gasteiger partial charge on any atom is 0.255 e. The number of carbonyl (C=O) groups is 1. The second-order valence-electron chi connectivity index (χ2n) is 4.74. The molecule has 0 aliphatic carbocycles. The first-order valence-corrected chi connectivity index (χ1v) is 9.02. The van der Waals surface area contributed by atoms with Crippen molar-refractivity contribution in [3.8, 4) is 0 Å². The van der Waals surface area contributed by atoms with Gasteiger partial charge in [0.2, 0.25) is 10.0 Å². The van der Waals surface area contributed by atoms with Crippen LogP contribution in [0.2, 0.25) is 0 Å². The van der Waals surface area contributed by atoms with E-state index in [1.54, 1.807) is 48.5 Å². The first-order chi connectivity index (χ1) is 10.3. The van der Waals surface area contributed by atoms with Crippen LogP contribution < -0.4 is 9.62 Å². The molecule has 0 bridgehead atoms. The molecular formula is C15H15BrN2O3S. The van der Waals surface area contributed by atoms with Crippen molar-refractivity contribution in [3.63, 3.8) is 0 Å². The van der Waals surface area contributed by atoms with Gasteiger partial charge >= 0.3 is 0 Å². The Balaban J connectivity index is 2.20. The molecule has 0 saturated carbocycles. The highest BCUT2D eigenvalue weighted by Gasteiger charge is 2.13. The third-order valence-electron chi connectivity index (χ3n) is 3.07. The van der Waals surface area contributed by atoms with Gasteiger partial charge < -0.3 is 5.32 Å². The van der Waals surface area contributed by atoms with Crippen LogP contribution in [0, 0.1) is 0 Å². The van der Waals surface area contributed by atoms with Crippen molar-refractivity contribution in [2.24, 2.45) is 0 Å². The highest BCUT2D eigenvalue weighted by molar-refractivity contribution is 9.10. The Bertz CT molecular complexity index is 789. The zero-order valence-electron chi connectivity index (χ0n) is 12.1. The molecule has 0 saturated heterocycles. The van der Waals surface area contributed by atoms with Gasteiger partial charge in [-0.3, -0.25) is 9.10 Å². The Morgan fingerprint density at radius 3 is 2.36 bits per heavy atom.